The van der Waals surface area contributed by atoms with Crippen LogP contribution >= 0.6 is 23.1 Å². The summed E-state index contributed by atoms with van der Waals surface area (Å²) in [5.41, 5.74) is 10.5. The molecule has 0 atom stereocenters. The normalized spacial score (nSPS) is 10.6. The minimum absolute atomic E-state index is 0.175. The fourth-order valence-electron chi connectivity index (χ4n) is 1.87. The molecule has 2 nitrogen and oxygen atoms in total. The molecule has 94 valence electrons. The lowest BCUT2D eigenvalue weighted by atomic mass is 10.0. The molecular weight excluding hydrogens is 260 g/mol. The quantitative estimate of drug-likeness (QED) is 0.653. The van der Waals surface area contributed by atoms with Gasteiger partial charge >= 0.3 is 0 Å². The van der Waals surface area contributed by atoms with Gasteiger partial charge in [-0.15, -0.1) is 11.3 Å². The Morgan fingerprint density at radius 1 is 1.28 bits per heavy atom. The van der Waals surface area contributed by atoms with E-state index >= 15 is 0 Å². The van der Waals surface area contributed by atoms with Gasteiger partial charge in [-0.1, -0.05) is 41.6 Å². The van der Waals surface area contributed by atoms with Gasteiger partial charge in [0, 0.05) is 10.6 Å². The standard InChI is InChI=1S/C14H16N2S2/c1-9-3-5-11(6-4-9)13-10(2)17-7-12(13)8-18-14(15)16/h3-7H,8H2,1-2H3,(H3,15,16). The van der Waals surface area contributed by atoms with E-state index in [1.54, 1.807) is 11.3 Å². The van der Waals surface area contributed by atoms with E-state index in [1.807, 2.05) is 0 Å². The van der Waals surface area contributed by atoms with Gasteiger partial charge in [0.05, 0.1) is 0 Å². The predicted molar refractivity (Wildman–Crippen MR) is 82.4 cm³/mol. The summed E-state index contributed by atoms with van der Waals surface area (Å²) >= 11 is 3.13. The minimum Gasteiger partial charge on any atom is -0.379 e. The smallest absolute Gasteiger partial charge is 0.151 e. The van der Waals surface area contributed by atoms with E-state index in [0.29, 0.717) is 0 Å². The van der Waals surface area contributed by atoms with Crippen LogP contribution in [-0.2, 0) is 5.75 Å². The predicted octanol–water partition coefficient (Wildman–Crippen LogP) is 4.16. The molecular formula is C14H16N2S2. The molecule has 0 bridgehead atoms. The van der Waals surface area contributed by atoms with Crippen molar-refractivity contribution >= 4 is 28.3 Å². The summed E-state index contributed by atoms with van der Waals surface area (Å²) in [7, 11) is 0. The number of benzene rings is 1. The van der Waals surface area contributed by atoms with Gasteiger partial charge in [0.1, 0.15) is 0 Å². The number of hydrogen-bond acceptors (Lipinski definition) is 3. The molecule has 3 N–H and O–H groups in total. The molecule has 0 saturated heterocycles. The minimum atomic E-state index is 0.175. The van der Waals surface area contributed by atoms with Crippen LogP contribution in [0, 0.1) is 19.3 Å². The van der Waals surface area contributed by atoms with Crippen molar-refractivity contribution in [1.82, 2.24) is 0 Å². The summed E-state index contributed by atoms with van der Waals surface area (Å²) in [6.45, 7) is 4.23. The van der Waals surface area contributed by atoms with E-state index in [4.69, 9.17) is 11.1 Å². The Kier molecular flexibility index (Phi) is 4.09. The molecule has 0 fully saturated rings. The Bertz CT molecular complexity index is 556. The van der Waals surface area contributed by atoms with E-state index in [2.05, 4.69) is 43.5 Å². The molecule has 2 aromatic rings. The lowest BCUT2D eigenvalue weighted by Crippen LogP contribution is -2.03. The van der Waals surface area contributed by atoms with Crippen molar-refractivity contribution in [3.8, 4) is 11.1 Å². The van der Waals surface area contributed by atoms with Gasteiger partial charge in [0.2, 0.25) is 0 Å². The fraction of sp³-hybridized carbons (Fsp3) is 0.214. The van der Waals surface area contributed by atoms with Crippen molar-refractivity contribution in [2.45, 2.75) is 19.6 Å². The molecule has 4 heteroatoms. The second kappa shape index (κ2) is 5.59. The molecule has 0 saturated carbocycles. The zero-order valence-corrected chi connectivity index (χ0v) is 12.1. The molecule has 0 aliphatic heterocycles. The van der Waals surface area contributed by atoms with Crippen LogP contribution in [0.1, 0.15) is 16.0 Å². The van der Waals surface area contributed by atoms with Crippen LogP contribution in [0.4, 0.5) is 0 Å². The number of thiophene rings is 1. The second-order valence-corrected chi connectivity index (χ2v) is 6.31. The Labute approximate surface area is 116 Å². The van der Waals surface area contributed by atoms with Crippen molar-refractivity contribution in [3.05, 3.63) is 45.6 Å². The molecule has 0 unspecified atom stereocenters. The van der Waals surface area contributed by atoms with Crippen molar-refractivity contribution in [2.24, 2.45) is 5.73 Å². The highest BCUT2D eigenvalue weighted by Crippen LogP contribution is 2.34. The maximum Gasteiger partial charge on any atom is 0.151 e. The second-order valence-electron chi connectivity index (χ2n) is 4.21. The molecule has 0 amide bonds. The molecule has 0 aliphatic rings. The third-order valence-corrected chi connectivity index (χ3v) is 4.50. The molecule has 0 radical (unpaired) electrons. The lowest BCUT2D eigenvalue weighted by Gasteiger charge is -2.06. The number of amidine groups is 1. The van der Waals surface area contributed by atoms with Gasteiger partial charge in [-0.2, -0.15) is 0 Å². The van der Waals surface area contributed by atoms with E-state index < -0.39 is 0 Å². The maximum absolute atomic E-state index is 7.30. The summed E-state index contributed by atoms with van der Waals surface area (Å²) < 4.78 is 0. The summed E-state index contributed by atoms with van der Waals surface area (Å²) in [5, 5.41) is 9.64. The van der Waals surface area contributed by atoms with Crippen LogP contribution in [-0.4, -0.2) is 5.17 Å². The van der Waals surface area contributed by atoms with E-state index in [9.17, 15) is 0 Å². The molecule has 2 rings (SSSR count). The van der Waals surface area contributed by atoms with E-state index in [0.717, 1.165) is 5.75 Å². The van der Waals surface area contributed by atoms with Crippen molar-refractivity contribution < 1.29 is 0 Å². The van der Waals surface area contributed by atoms with Crippen molar-refractivity contribution in [1.29, 1.82) is 5.41 Å². The van der Waals surface area contributed by atoms with Crippen molar-refractivity contribution in [2.75, 3.05) is 0 Å². The van der Waals surface area contributed by atoms with Gasteiger partial charge < -0.3 is 5.73 Å². The Balaban J connectivity index is 2.34. The summed E-state index contributed by atoms with van der Waals surface area (Å²) in [6, 6.07) is 8.58. The monoisotopic (exact) mass is 276 g/mol. The highest BCUT2D eigenvalue weighted by Gasteiger charge is 2.11. The van der Waals surface area contributed by atoms with Gasteiger partial charge in [0.25, 0.3) is 0 Å². The number of thioether (sulfide) groups is 1. The molecule has 0 spiro atoms. The third-order valence-electron chi connectivity index (χ3n) is 2.77. The van der Waals surface area contributed by atoms with Crippen LogP contribution in [0.25, 0.3) is 11.1 Å². The first-order valence-electron chi connectivity index (χ1n) is 5.68. The van der Waals surface area contributed by atoms with Crippen LogP contribution in [0.5, 0.6) is 0 Å². The SMILES string of the molecule is Cc1ccc(-c2c(CSC(=N)N)csc2C)cc1. The number of hydrogen-bond donors (Lipinski definition) is 2. The number of nitrogens with one attached hydrogen (secondary N) is 1. The molecule has 1 heterocycles. The largest absolute Gasteiger partial charge is 0.379 e. The Hall–Kier alpha value is -1.26. The van der Waals surface area contributed by atoms with Gasteiger partial charge in [-0.3, -0.25) is 5.41 Å². The lowest BCUT2D eigenvalue weighted by molar-refractivity contribution is 1.42. The highest BCUT2D eigenvalue weighted by molar-refractivity contribution is 8.13. The number of nitrogens with two attached hydrogens (primary N) is 1. The molecule has 0 aliphatic carbocycles. The summed E-state index contributed by atoms with van der Waals surface area (Å²) in [4.78, 5) is 1.32. The summed E-state index contributed by atoms with van der Waals surface area (Å²) in [6.07, 6.45) is 0. The van der Waals surface area contributed by atoms with E-state index in [1.165, 1.54) is 38.9 Å². The fourth-order valence-corrected chi connectivity index (χ4v) is 3.41. The molecule has 1 aromatic heterocycles. The maximum atomic E-state index is 7.30. The van der Waals surface area contributed by atoms with Crippen LogP contribution in [0.15, 0.2) is 29.6 Å². The van der Waals surface area contributed by atoms with Crippen LogP contribution in [0.2, 0.25) is 0 Å². The Morgan fingerprint density at radius 2 is 1.94 bits per heavy atom. The van der Waals surface area contributed by atoms with Gasteiger partial charge in [-0.25, -0.2) is 0 Å². The molecule has 18 heavy (non-hydrogen) atoms. The molecule has 1 aromatic carbocycles. The zero-order valence-electron chi connectivity index (χ0n) is 10.5. The van der Waals surface area contributed by atoms with Gasteiger partial charge in [0.15, 0.2) is 5.17 Å². The Morgan fingerprint density at radius 3 is 2.56 bits per heavy atom. The first kappa shape index (κ1) is 13.2. The number of rotatable bonds is 3. The summed E-state index contributed by atoms with van der Waals surface area (Å²) in [5.74, 6) is 0.767. The number of aryl methyl sites for hydroxylation is 2. The first-order chi connectivity index (χ1) is 8.58. The first-order valence-corrected chi connectivity index (χ1v) is 7.55. The average Bonchev–Trinajstić information content (AvgIpc) is 2.69. The van der Waals surface area contributed by atoms with Gasteiger partial charge in [-0.05, 0) is 35.9 Å². The van der Waals surface area contributed by atoms with E-state index in [-0.39, 0.29) is 5.17 Å². The van der Waals surface area contributed by atoms with Crippen LogP contribution < -0.4 is 5.73 Å². The average molecular weight is 276 g/mol. The van der Waals surface area contributed by atoms with Crippen molar-refractivity contribution in [3.63, 3.8) is 0 Å². The highest BCUT2D eigenvalue weighted by atomic mass is 32.2. The van der Waals surface area contributed by atoms with Crippen LogP contribution in [0.3, 0.4) is 0 Å². The zero-order chi connectivity index (χ0) is 13.1. The topological polar surface area (TPSA) is 49.9 Å². The third kappa shape index (κ3) is 2.94.